The lowest BCUT2D eigenvalue weighted by atomic mass is 10.1. The molecular weight excluding hydrogens is 212 g/mol. The van der Waals surface area contributed by atoms with Crippen LogP contribution in [0.4, 0.5) is 0 Å². The lowest BCUT2D eigenvalue weighted by Crippen LogP contribution is -2.45. The van der Waals surface area contributed by atoms with Crippen LogP contribution in [0.2, 0.25) is 0 Å². The van der Waals surface area contributed by atoms with E-state index in [-0.39, 0.29) is 18.7 Å². The van der Waals surface area contributed by atoms with Crippen molar-refractivity contribution in [3.63, 3.8) is 0 Å². The summed E-state index contributed by atoms with van der Waals surface area (Å²) >= 11 is 0. The molecule has 16 heavy (non-hydrogen) atoms. The summed E-state index contributed by atoms with van der Waals surface area (Å²) in [7, 11) is 0. The molecule has 0 radical (unpaired) electrons. The fraction of sp³-hybridized carbons (Fsp3) is 0.800. The van der Waals surface area contributed by atoms with Gasteiger partial charge < -0.3 is 20.5 Å². The third kappa shape index (κ3) is 4.16. The Balaban J connectivity index is 2.38. The van der Waals surface area contributed by atoms with E-state index in [1.807, 2.05) is 0 Å². The molecule has 1 saturated heterocycles. The average Bonchev–Trinajstić information content (AvgIpc) is 2.53. The minimum absolute atomic E-state index is 0.0722. The van der Waals surface area contributed by atoms with E-state index in [0.29, 0.717) is 26.3 Å². The molecule has 0 aliphatic carbocycles. The Kier molecular flexibility index (Phi) is 5.21. The van der Waals surface area contributed by atoms with Gasteiger partial charge in [0.15, 0.2) is 0 Å². The third-order valence-corrected chi connectivity index (χ3v) is 2.52. The molecule has 0 aromatic heterocycles. The number of carboxylic acids is 1. The van der Waals surface area contributed by atoms with Gasteiger partial charge in [0.2, 0.25) is 5.91 Å². The van der Waals surface area contributed by atoms with Crippen LogP contribution >= 0.6 is 0 Å². The molecule has 1 aliphatic rings. The van der Waals surface area contributed by atoms with Crippen LogP contribution in [0.15, 0.2) is 0 Å². The van der Waals surface area contributed by atoms with Crippen molar-refractivity contribution < 1.29 is 19.4 Å². The maximum absolute atomic E-state index is 11.8. The number of rotatable bonds is 4. The molecule has 1 rings (SSSR count). The number of ether oxygens (including phenoxy) is 1. The van der Waals surface area contributed by atoms with Crippen LogP contribution in [0.5, 0.6) is 0 Å². The Hall–Kier alpha value is -1.14. The molecule has 0 saturated carbocycles. The SMILES string of the molecule is NC(CCC(=O)O)C(=O)N1CCCOCC1. The number of nitrogens with two attached hydrogens (primary N) is 1. The van der Waals surface area contributed by atoms with Gasteiger partial charge in [-0.1, -0.05) is 0 Å². The molecule has 0 aromatic carbocycles. The number of carbonyl (C=O) groups excluding carboxylic acids is 1. The molecule has 1 atom stereocenters. The molecule has 1 aliphatic heterocycles. The van der Waals surface area contributed by atoms with Gasteiger partial charge in [0.1, 0.15) is 0 Å². The maximum Gasteiger partial charge on any atom is 0.303 e. The Labute approximate surface area is 94.3 Å². The predicted molar refractivity (Wildman–Crippen MR) is 56.9 cm³/mol. The molecule has 0 bridgehead atoms. The summed E-state index contributed by atoms with van der Waals surface area (Å²) in [4.78, 5) is 23.8. The fourth-order valence-corrected chi connectivity index (χ4v) is 1.60. The van der Waals surface area contributed by atoms with E-state index in [0.717, 1.165) is 6.42 Å². The summed E-state index contributed by atoms with van der Waals surface area (Å²) in [5.74, 6) is -1.10. The predicted octanol–water partition coefficient (Wildman–Crippen LogP) is -0.573. The van der Waals surface area contributed by atoms with Crippen molar-refractivity contribution in [2.75, 3.05) is 26.3 Å². The van der Waals surface area contributed by atoms with Crippen molar-refractivity contribution in [1.29, 1.82) is 0 Å². The Morgan fingerprint density at radius 1 is 1.38 bits per heavy atom. The number of amides is 1. The Bertz CT molecular complexity index is 249. The molecule has 0 spiro atoms. The lowest BCUT2D eigenvalue weighted by molar-refractivity contribution is -0.137. The summed E-state index contributed by atoms with van der Waals surface area (Å²) in [5.41, 5.74) is 5.65. The minimum atomic E-state index is -0.928. The number of aliphatic carboxylic acids is 1. The van der Waals surface area contributed by atoms with Crippen molar-refractivity contribution in [3.8, 4) is 0 Å². The van der Waals surface area contributed by atoms with Crippen molar-refractivity contribution in [2.45, 2.75) is 25.3 Å². The van der Waals surface area contributed by atoms with Crippen LogP contribution in [0.25, 0.3) is 0 Å². The zero-order valence-corrected chi connectivity index (χ0v) is 9.22. The van der Waals surface area contributed by atoms with Crippen molar-refractivity contribution in [1.82, 2.24) is 4.90 Å². The standard InChI is InChI=1S/C10H18N2O4/c11-8(2-3-9(13)14)10(15)12-4-1-6-16-7-5-12/h8H,1-7,11H2,(H,13,14). The van der Waals surface area contributed by atoms with Crippen molar-refractivity contribution in [2.24, 2.45) is 5.73 Å². The molecule has 6 heteroatoms. The second kappa shape index (κ2) is 6.44. The molecule has 6 nitrogen and oxygen atoms in total. The second-order valence-electron chi connectivity index (χ2n) is 3.83. The first-order chi connectivity index (χ1) is 7.61. The summed E-state index contributed by atoms with van der Waals surface area (Å²) in [6, 6.07) is -0.714. The summed E-state index contributed by atoms with van der Waals surface area (Å²) in [6.45, 7) is 2.37. The monoisotopic (exact) mass is 230 g/mol. The maximum atomic E-state index is 11.8. The van der Waals surface area contributed by atoms with Crippen molar-refractivity contribution >= 4 is 11.9 Å². The molecule has 3 N–H and O–H groups in total. The van der Waals surface area contributed by atoms with Crippen LogP contribution in [0.3, 0.4) is 0 Å². The number of carboxylic acid groups (broad SMARTS) is 1. The molecule has 1 amide bonds. The highest BCUT2D eigenvalue weighted by Crippen LogP contribution is 2.04. The fourth-order valence-electron chi connectivity index (χ4n) is 1.60. The quantitative estimate of drug-likeness (QED) is 0.674. The van der Waals surface area contributed by atoms with Gasteiger partial charge >= 0.3 is 5.97 Å². The zero-order chi connectivity index (χ0) is 12.0. The van der Waals surface area contributed by atoms with E-state index in [1.165, 1.54) is 0 Å². The van der Waals surface area contributed by atoms with Crippen LogP contribution in [-0.2, 0) is 14.3 Å². The number of carbonyl (C=O) groups is 2. The van der Waals surface area contributed by atoms with Gasteiger partial charge in [-0.2, -0.15) is 0 Å². The van der Waals surface area contributed by atoms with Gasteiger partial charge in [-0.25, -0.2) is 0 Å². The van der Waals surface area contributed by atoms with Gasteiger partial charge in [0, 0.05) is 26.1 Å². The first kappa shape index (κ1) is 12.9. The van der Waals surface area contributed by atoms with Crippen molar-refractivity contribution in [3.05, 3.63) is 0 Å². The average molecular weight is 230 g/mol. The van der Waals surface area contributed by atoms with Gasteiger partial charge in [-0.15, -0.1) is 0 Å². The molecule has 0 aromatic rings. The number of nitrogens with zero attached hydrogens (tertiary/aromatic N) is 1. The Morgan fingerprint density at radius 2 is 2.12 bits per heavy atom. The number of hydrogen-bond donors (Lipinski definition) is 2. The summed E-state index contributed by atoms with van der Waals surface area (Å²) in [5, 5.41) is 8.50. The van der Waals surface area contributed by atoms with Crippen LogP contribution < -0.4 is 5.73 Å². The first-order valence-corrected chi connectivity index (χ1v) is 5.45. The van der Waals surface area contributed by atoms with Gasteiger partial charge in [-0.3, -0.25) is 9.59 Å². The van der Waals surface area contributed by atoms with Crippen LogP contribution in [-0.4, -0.2) is 54.2 Å². The molecule has 1 unspecified atom stereocenters. The van der Waals surface area contributed by atoms with E-state index < -0.39 is 12.0 Å². The van der Waals surface area contributed by atoms with E-state index in [9.17, 15) is 9.59 Å². The van der Waals surface area contributed by atoms with Crippen LogP contribution in [0, 0.1) is 0 Å². The largest absolute Gasteiger partial charge is 0.481 e. The summed E-state index contributed by atoms with van der Waals surface area (Å²) in [6.07, 6.45) is 0.917. The highest BCUT2D eigenvalue weighted by atomic mass is 16.5. The van der Waals surface area contributed by atoms with Gasteiger partial charge in [-0.05, 0) is 12.8 Å². The Morgan fingerprint density at radius 3 is 2.81 bits per heavy atom. The van der Waals surface area contributed by atoms with E-state index in [2.05, 4.69) is 0 Å². The van der Waals surface area contributed by atoms with E-state index >= 15 is 0 Å². The minimum Gasteiger partial charge on any atom is -0.481 e. The van der Waals surface area contributed by atoms with E-state index in [4.69, 9.17) is 15.6 Å². The van der Waals surface area contributed by atoms with Gasteiger partial charge in [0.05, 0.1) is 12.6 Å². The molecule has 92 valence electrons. The first-order valence-electron chi connectivity index (χ1n) is 5.45. The lowest BCUT2D eigenvalue weighted by Gasteiger charge is -2.23. The molecular formula is C10H18N2O4. The summed E-state index contributed by atoms with van der Waals surface area (Å²) < 4.78 is 5.22. The molecule has 1 fully saturated rings. The second-order valence-corrected chi connectivity index (χ2v) is 3.83. The topological polar surface area (TPSA) is 92.9 Å². The van der Waals surface area contributed by atoms with Gasteiger partial charge in [0.25, 0.3) is 0 Å². The number of hydrogen-bond acceptors (Lipinski definition) is 4. The zero-order valence-electron chi connectivity index (χ0n) is 9.22. The smallest absolute Gasteiger partial charge is 0.303 e. The highest BCUT2D eigenvalue weighted by molar-refractivity contribution is 5.82. The van der Waals surface area contributed by atoms with E-state index in [1.54, 1.807) is 4.90 Å². The van der Waals surface area contributed by atoms with Crippen LogP contribution in [0.1, 0.15) is 19.3 Å². The highest BCUT2D eigenvalue weighted by Gasteiger charge is 2.22. The third-order valence-electron chi connectivity index (χ3n) is 2.52. The normalized spacial score (nSPS) is 18.9. The molecule has 1 heterocycles.